The van der Waals surface area contributed by atoms with Gasteiger partial charge in [0.15, 0.2) is 11.4 Å². The fourth-order valence-corrected chi connectivity index (χ4v) is 1.34. The summed E-state index contributed by atoms with van der Waals surface area (Å²) in [6.45, 7) is 0. The first-order chi connectivity index (χ1) is 9.09. The molecule has 2 rings (SSSR count). The van der Waals surface area contributed by atoms with Crippen LogP contribution in [0.1, 0.15) is 10.5 Å². The maximum absolute atomic E-state index is 10.9. The highest BCUT2D eigenvalue weighted by Crippen LogP contribution is 2.29. The SMILES string of the molecule is O=C(O)c1ncccc1Oc1ncccc1[N+](=O)[O-]. The fraction of sp³-hybridized carbons (Fsp3) is 0. The van der Waals surface area contributed by atoms with Gasteiger partial charge < -0.3 is 9.84 Å². The Morgan fingerprint density at radius 2 is 1.95 bits per heavy atom. The molecule has 0 radical (unpaired) electrons. The number of aromatic nitrogens is 2. The summed E-state index contributed by atoms with van der Waals surface area (Å²) in [7, 11) is 0. The summed E-state index contributed by atoms with van der Waals surface area (Å²) in [5, 5.41) is 19.7. The van der Waals surface area contributed by atoms with Crippen LogP contribution in [0.2, 0.25) is 0 Å². The average Bonchev–Trinajstić information content (AvgIpc) is 2.39. The Balaban J connectivity index is 2.42. The highest BCUT2D eigenvalue weighted by Gasteiger charge is 2.20. The molecule has 96 valence electrons. The largest absolute Gasteiger partial charge is 0.476 e. The summed E-state index contributed by atoms with van der Waals surface area (Å²) in [6, 6.07) is 5.39. The normalized spacial score (nSPS) is 9.89. The smallest absolute Gasteiger partial charge is 0.358 e. The topological polar surface area (TPSA) is 115 Å². The minimum absolute atomic E-state index is 0.114. The fourth-order valence-electron chi connectivity index (χ4n) is 1.34. The molecule has 0 saturated heterocycles. The Morgan fingerprint density at radius 3 is 2.63 bits per heavy atom. The summed E-state index contributed by atoms with van der Waals surface area (Å²) in [5.74, 6) is -1.70. The van der Waals surface area contributed by atoms with Crippen molar-refractivity contribution in [3.63, 3.8) is 0 Å². The van der Waals surface area contributed by atoms with Crippen LogP contribution in [-0.2, 0) is 0 Å². The molecule has 2 heterocycles. The van der Waals surface area contributed by atoms with Gasteiger partial charge in [-0.1, -0.05) is 0 Å². The van der Waals surface area contributed by atoms with E-state index in [4.69, 9.17) is 9.84 Å². The molecule has 8 heteroatoms. The Hall–Kier alpha value is -3.03. The first kappa shape index (κ1) is 12.4. The molecule has 1 N–H and O–H groups in total. The van der Waals surface area contributed by atoms with Crippen molar-refractivity contribution < 1.29 is 19.6 Å². The highest BCUT2D eigenvalue weighted by molar-refractivity contribution is 5.88. The lowest BCUT2D eigenvalue weighted by Gasteiger charge is -2.06. The molecule has 0 aliphatic heterocycles. The van der Waals surface area contributed by atoms with Crippen LogP contribution in [0.15, 0.2) is 36.7 Å². The van der Waals surface area contributed by atoms with Crippen molar-refractivity contribution in [2.45, 2.75) is 0 Å². The second-order valence-corrected chi connectivity index (χ2v) is 3.34. The number of nitrogens with zero attached hydrogens (tertiary/aromatic N) is 3. The molecule has 0 saturated carbocycles. The third-order valence-electron chi connectivity index (χ3n) is 2.13. The molecule has 0 bridgehead atoms. The van der Waals surface area contributed by atoms with Crippen LogP contribution < -0.4 is 4.74 Å². The van der Waals surface area contributed by atoms with E-state index >= 15 is 0 Å². The summed E-state index contributed by atoms with van der Waals surface area (Å²) in [5.41, 5.74) is -0.704. The maximum Gasteiger partial charge on any atom is 0.358 e. The van der Waals surface area contributed by atoms with Crippen molar-refractivity contribution in [1.29, 1.82) is 0 Å². The van der Waals surface area contributed by atoms with Gasteiger partial charge in [-0.25, -0.2) is 14.8 Å². The number of nitro groups is 1. The predicted molar refractivity (Wildman–Crippen MR) is 62.2 cm³/mol. The van der Waals surface area contributed by atoms with Crippen molar-refractivity contribution in [3.05, 3.63) is 52.5 Å². The zero-order valence-electron chi connectivity index (χ0n) is 9.39. The second-order valence-electron chi connectivity index (χ2n) is 3.34. The van der Waals surface area contributed by atoms with Crippen LogP contribution in [0.25, 0.3) is 0 Å². The molecule has 8 nitrogen and oxygen atoms in total. The molecule has 0 fully saturated rings. The van der Waals surface area contributed by atoms with E-state index in [2.05, 4.69) is 9.97 Å². The van der Waals surface area contributed by atoms with Gasteiger partial charge in [0.05, 0.1) is 4.92 Å². The molecule has 2 aromatic heterocycles. The average molecular weight is 261 g/mol. The van der Waals surface area contributed by atoms with Gasteiger partial charge >= 0.3 is 11.7 Å². The molecule has 0 spiro atoms. The van der Waals surface area contributed by atoms with Crippen LogP contribution in [0.5, 0.6) is 11.6 Å². The van der Waals surface area contributed by atoms with E-state index in [1.807, 2.05) is 0 Å². The van der Waals surface area contributed by atoms with Gasteiger partial charge in [-0.3, -0.25) is 10.1 Å². The van der Waals surface area contributed by atoms with Crippen molar-refractivity contribution >= 4 is 11.7 Å². The number of pyridine rings is 2. The molecule has 0 amide bonds. The van der Waals surface area contributed by atoms with Crippen molar-refractivity contribution in [2.24, 2.45) is 0 Å². The number of hydrogen-bond donors (Lipinski definition) is 1. The van der Waals surface area contributed by atoms with E-state index in [9.17, 15) is 14.9 Å². The third kappa shape index (κ3) is 2.63. The zero-order valence-corrected chi connectivity index (χ0v) is 9.39. The first-order valence-electron chi connectivity index (χ1n) is 5.05. The van der Waals surface area contributed by atoms with Crippen LogP contribution in [0, 0.1) is 10.1 Å². The molecule has 0 atom stereocenters. The summed E-state index contributed by atoms with van der Waals surface area (Å²) in [6.07, 6.45) is 2.59. The number of rotatable bonds is 4. The van der Waals surface area contributed by atoms with Gasteiger partial charge in [-0.15, -0.1) is 0 Å². The summed E-state index contributed by atoms with van der Waals surface area (Å²) < 4.78 is 5.17. The number of aromatic carboxylic acids is 1. The van der Waals surface area contributed by atoms with E-state index in [0.717, 1.165) is 0 Å². The Labute approximate surface area is 106 Å². The second kappa shape index (κ2) is 5.08. The van der Waals surface area contributed by atoms with E-state index in [1.54, 1.807) is 0 Å². The van der Waals surface area contributed by atoms with Gasteiger partial charge in [-0.2, -0.15) is 0 Å². The lowest BCUT2D eigenvalue weighted by molar-refractivity contribution is -0.386. The Morgan fingerprint density at radius 1 is 1.26 bits per heavy atom. The Bertz CT molecular complexity index is 588. The molecule has 0 aliphatic carbocycles. The van der Waals surface area contributed by atoms with Crippen LogP contribution >= 0.6 is 0 Å². The lowest BCUT2D eigenvalue weighted by Crippen LogP contribution is -2.04. The zero-order chi connectivity index (χ0) is 13.8. The van der Waals surface area contributed by atoms with Crippen molar-refractivity contribution in [3.8, 4) is 11.6 Å². The number of carbonyl (C=O) groups is 1. The molecule has 0 unspecified atom stereocenters. The molecular weight excluding hydrogens is 254 g/mol. The lowest BCUT2D eigenvalue weighted by atomic mass is 10.3. The molecule has 0 aromatic carbocycles. The molecule has 0 aliphatic rings. The summed E-state index contributed by atoms with van der Waals surface area (Å²) in [4.78, 5) is 28.4. The predicted octanol–water partition coefficient (Wildman–Crippen LogP) is 1.88. The standard InChI is InChI=1S/C11H7N3O5/c15-11(16)9-8(4-2-5-12-9)19-10-7(14(17)18)3-1-6-13-10/h1-6H,(H,15,16). The van der Waals surface area contributed by atoms with Gasteiger partial charge in [0.2, 0.25) is 0 Å². The number of carboxylic acid groups (broad SMARTS) is 1. The number of hydrogen-bond acceptors (Lipinski definition) is 6. The van der Waals surface area contributed by atoms with E-state index in [1.165, 1.54) is 36.7 Å². The van der Waals surface area contributed by atoms with Crippen LogP contribution in [-0.4, -0.2) is 26.0 Å². The third-order valence-corrected chi connectivity index (χ3v) is 2.13. The van der Waals surface area contributed by atoms with Gasteiger partial charge in [-0.05, 0) is 18.2 Å². The van der Waals surface area contributed by atoms with Gasteiger partial charge in [0.1, 0.15) is 0 Å². The first-order valence-corrected chi connectivity index (χ1v) is 5.05. The molecular formula is C11H7N3O5. The van der Waals surface area contributed by atoms with Gasteiger partial charge in [0.25, 0.3) is 5.88 Å². The minimum atomic E-state index is -1.30. The number of carboxylic acids is 1. The minimum Gasteiger partial charge on any atom is -0.476 e. The van der Waals surface area contributed by atoms with Gasteiger partial charge in [0, 0.05) is 18.5 Å². The van der Waals surface area contributed by atoms with Crippen LogP contribution in [0.3, 0.4) is 0 Å². The van der Waals surface area contributed by atoms with E-state index < -0.39 is 10.9 Å². The summed E-state index contributed by atoms with van der Waals surface area (Å²) >= 11 is 0. The maximum atomic E-state index is 10.9. The number of ether oxygens (including phenoxy) is 1. The Kier molecular flexibility index (Phi) is 3.33. The van der Waals surface area contributed by atoms with Crippen LogP contribution in [0.4, 0.5) is 5.69 Å². The molecule has 2 aromatic rings. The quantitative estimate of drug-likeness (QED) is 0.659. The highest BCUT2D eigenvalue weighted by atomic mass is 16.6. The van der Waals surface area contributed by atoms with E-state index in [-0.39, 0.29) is 23.0 Å². The molecule has 19 heavy (non-hydrogen) atoms. The van der Waals surface area contributed by atoms with E-state index in [0.29, 0.717) is 0 Å². The monoisotopic (exact) mass is 261 g/mol. The van der Waals surface area contributed by atoms with Crippen molar-refractivity contribution in [1.82, 2.24) is 9.97 Å². The van der Waals surface area contributed by atoms with Crippen molar-refractivity contribution in [2.75, 3.05) is 0 Å².